The van der Waals surface area contributed by atoms with E-state index in [1.165, 1.54) is 4.90 Å². The molecule has 4 rings (SSSR count). The number of ether oxygens (including phenoxy) is 2. The number of hydrogen-bond donors (Lipinski definition) is 2. The Kier molecular flexibility index (Phi) is 5.57. The SMILES string of the molecule is COC1CCC2(Cc3ccc(C#N)cc3C2C(=O)N(CC2(C)COC2)C(=N)N)CC1C. The minimum Gasteiger partial charge on any atom is -0.381 e. The van der Waals surface area contributed by atoms with Crippen molar-refractivity contribution in [2.24, 2.45) is 22.5 Å². The Hall–Kier alpha value is -2.43. The molecule has 2 aliphatic carbocycles. The number of nitrogens with one attached hydrogen (secondary N) is 1. The summed E-state index contributed by atoms with van der Waals surface area (Å²) in [5.41, 5.74) is 8.11. The molecular weight excluding hydrogens is 392 g/mol. The molecule has 4 unspecified atom stereocenters. The van der Waals surface area contributed by atoms with Gasteiger partial charge in [-0.3, -0.25) is 15.1 Å². The van der Waals surface area contributed by atoms with Crippen LogP contribution in [0.3, 0.4) is 0 Å². The van der Waals surface area contributed by atoms with Crippen molar-refractivity contribution in [2.45, 2.75) is 51.6 Å². The van der Waals surface area contributed by atoms with Crippen LogP contribution in [0.2, 0.25) is 0 Å². The second-order valence-electron chi connectivity index (χ2n) is 10.1. The summed E-state index contributed by atoms with van der Waals surface area (Å²) < 4.78 is 11.0. The Morgan fingerprint density at radius 3 is 2.74 bits per heavy atom. The summed E-state index contributed by atoms with van der Waals surface area (Å²) in [5.74, 6) is -0.444. The molecule has 2 fully saturated rings. The lowest BCUT2D eigenvalue weighted by atomic mass is 9.62. The van der Waals surface area contributed by atoms with Crippen molar-refractivity contribution in [3.8, 4) is 6.07 Å². The van der Waals surface area contributed by atoms with Crippen LogP contribution in [0.1, 0.15) is 55.7 Å². The molecule has 1 aliphatic heterocycles. The van der Waals surface area contributed by atoms with Crippen LogP contribution in [0.5, 0.6) is 0 Å². The third-order valence-electron chi connectivity index (χ3n) is 7.58. The lowest BCUT2D eigenvalue weighted by molar-refractivity contribution is -0.143. The number of nitrogens with zero attached hydrogens (tertiary/aromatic N) is 2. The molecule has 1 amide bonds. The van der Waals surface area contributed by atoms with Crippen molar-refractivity contribution < 1.29 is 14.3 Å². The minimum atomic E-state index is -0.412. The first-order valence-corrected chi connectivity index (χ1v) is 11.0. The second kappa shape index (κ2) is 7.92. The fourth-order valence-electron chi connectivity index (χ4n) is 6.02. The van der Waals surface area contributed by atoms with Gasteiger partial charge in [-0.05, 0) is 60.3 Å². The molecule has 0 radical (unpaired) electrons. The third-order valence-corrected chi connectivity index (χ3v) is 7.58. The number of hydrogen-bond acceptors (Lipinski definition) is 5. The van der Waals surface area contributed by atoms with Gasteiger partial charge in [0, 0.05) is 19.1 Å². The number of guanidine groups is 1. The van der Waals surface area contributed by atoms with Crippen LogP contribution in [0.4, 0.5) is 0 Å². The zero-order chi connectivity index (χ0) is 22.4. The summed E-state index contributed by atoms with van der Waals surface area (Å²) in [4.78, 5) is 15.5. The number of amides is 1. The van der Waals surface area contributed by atoms with Gasteiger partial charge >= 0.3 is 0 Å². The normalized spacial score (nSPS) is 30.8. The first kappa shape index (κ1) is 21.8. The predicted octanol–water partition coefficient (Wildman–Crippen LogP) is 2.78. The summed E-state index contributed by atoms with van der Waals surface area (Å²) in [6.07, 6.45) is 3.62. The van der Waals surface area contributed by atoms with Crippen LogP contribution >= 0.6 is 0 Å². The Bertz CT molecular complexity index is 935. The van der Waals surface area contributed by atoms with E-state index in [1.54, 1.807) is 7.11 Å². The average molecular weight is 425 g/mol. The highest BCUT2D eigenvalue weighted by atomic mass is 16.5. The van der Waals surface area contributed by atoms with Gasteiger partial charge in [0.15, 0.2) is 5.96 Å². The summed E-state index contributed by atoms with van der Waals surface area (Å²) in [5, 5.41) is 17.6. The Morgan fingerprint density at radius 1 is 1.45 bits per heavy atom. The highest BCUT2D eigenvalue weighted by Gasteiger charge is 2.54. The maximum absolute atomic E-state index is 14.0. The molecule has 1 spiro atoms. The molecule has 7 nitrogen and oxygen atoms in total. The molecule has 7 heteroatoms. The van der Waals surface area contributed by atoms with Gasteiger partial charge in [-0.25, -0.2) is 0 Å². The molecule has 3 aliphatic rings. The van der Waals surface area contributed by atoms with E-state index in [0.29, 0.717) is 31.2 Å². The van der Waals surface area contributed by atoms with E-state index in [4.69, 9.17) is 20.6 Å². The van der Waals surface area contributed by atoms with Crippen molar-refractivity contribution in [3.05, 3.63) is 34.9 Å². The second-order valence-corrected chi connectivity index (χ2v) is 10.1. The van der Waals surface area contributed by atoms with Gasteiger partial charge in [0.2, 0.25) is 5.91 Å². The van der Waals surface area contributed by atoms with Crippen LogP contribution in [0.15, 0.2) is 18.2 Å². The van der Waals surface area contributed by atoms with E-state index in [1.807, 2.05) is 18.2 Å². The number of nitriles is 1. The fraction of sp³-hybridized carbons (Fsp3) is 0.625. The zero-order valence-corrected chi connectivity index (χ0v) is 18.6. The summed E-state index contributed by atoms with van der Waals surface area (Å²) >= 11 is 0. The standard InChI is InChI=1S/C24H32N4O3/c1-15-9-24(7-6-19(15)30-3)10-17-5-4-16(11-25)8-18(17)20(24)21(29)28(22(26)27)12-23(2)13-31-14-23/h4-5,8,15,19-20H,6-7,9-10,12-14H2,1-3H3,(H3,26,27). The van der Waals surface area contributed by atoms with Crippen LogP contribution in [-0.4, -0.2) is 49.7 Å². The van der Waals surface area contributed by atoms with Gasteiger partial charge in [0.05, 0.1) is 36.9 Å². The summed E-state index contributed by atoms with van der Waals surface area (Å²) in [6.45, 7) is 5.73. The maximum atomic E-state index is 14.0. The highest BCUT2D eigenvalue weighted by Crippen LogP contribution is 2.57. The van der Waals surface area contributed by atoms with Crippen molar-refractivity contribution in [1.82, 2.24) is 4.90 Å². The lowest BCUT2D eigenvalue weighted by Gasteiger charge is -2.46. The van der Waals surface area contributed by atoms with Crippen LogP contribution in [0, 0.1) is 33.5 Å². The van der Waals surface area contributed by atoms with Crippen molar-refractivity contribution in [2.75, 3.05) is 26.9 Å². The Balaban J connectivity index is 1.74. The summed E-state index contributed by atoms with van der Waals surface area (Å²) in [7, 11) is 1.75. The Labute approximate surface area is 184 Å². The number of fused-ring (bicyclic) bond motifs is 1. The summed E-state index contributed by atoms with van der Waals surface area (Å²) in [6, 6.07) is 7.91. The fourth-order valence-corrected chi connectivity index (χ4v) is 6.02. The Morgan fingerprint density at radius 2 is 2.19 bits per heavy atom. The van der Waals surface area contributed by atoms with E-state index in [0.717, 1.165) is 36.8 Å². The smallest absolute Gasteiger partial charge is 0.237 e. The van der Waals surface area contributed by atoms with Gasteiger partial charge in [-0.15, -0.1) is 0 Å². The van der Waals surface area contributed by atoms with Crippen molar-refractivity contribution in [3.63, 3.8) is 0 Å². The molecule has 1 aromatic carbocycles. The number of nitrogens with two attached hydrogens (primary N) is 1. The molecule has 1 aromatic rings. The van der Waals surface area contributed by atoms with Crippen molar-refractivity contribution in [1.29, 1.82) is 10.7 Å². The monoisotopic (exact) mass is 424 g/mol. The minimum absolute atomic E-state index is 0.127. The van der Waals surface area contributed by atoms with Gasteiger partial charge < -0.3 is 15.2 Å². The quantitative estimate of drug-likeness (QED) is 0.570. The number of carbonyl (C=O) groups is 1. The molecule has 1 saturated carbocycles. The molecule has 1 saturated heterocycles. The molecule has 31 heavy (non-hydrogen) atoms. The largest absolute Gasteiger partial charge is 0.381 e. The molecule has 1 heterocycles. The van der Waals surface area contributed by atoms with E-state index in [9.17, 15) is 10.1 Å². The topological polar surface area (TPSA) is 112 Å². The van der Waals surface area contributed by atoms with E-state index in [-0.39, 0.29) is 28.8 Å². The molecule has 4 atom stereocenters. The predicted molar refractivity (Wildman–Crippen MR) is 116 cm³/mol. The van der Waals surface area contributed by atoms with Gasteiger partial charge in [0.25, 0.3) is 0 Å². The molecule has 0 bridgehead atoms. The van der Waals surface area contributed by atoms with Crippen LogP contribution in [-0.2, 0) is 20.7 Å². The van der Waals surface area contributed by atoms with Gasteiger partial charge in [-0.2, -0.15) is 5.26 Å². The highest BCUT2D eigenvalue weighted by molar-refractivity contribution is 5.99. The molecule has 0 aromatic heterocycles. The first-order chi connectivity index (χ1) is 14.7. The first-order valence-electron chi connectivity index (χ1n) is 11.0. The van der Waals surface area contributed by atoms with Crippen LogP contribution < -0.4 is 5.73 Å². The van der Waals surface area contributed by atoms with E-state index < -0.39 is 5.92 Å². The number of methoxy groups -OCH3 is 1. The number of rotatable bonds is 4. The zero-order valence-electron chi connectivity index (χ0n) is 18.6. The third kappa shape index (κ3) is 3.72. The average Bonchev–Trinajstić information content (AvgIpc) is 3.02. The molecule has 3 N–H and O–H groups in total. The number of benzene rings is 1. The van der Waals surface area contributed by atoms with E-state index in [2.05, 4.69) is 19.9 Å². The maximum Gasteiger partial charge on any atom is 0.237 e. The van der Waals surface area contributed by atoms with Gasteiger partial charge in [-0.1, -0.05) is 19.9 Å². The molecule has 166 valence electrons. The van der Waals surface area contributed by atoms with Gasteiger partial charge in [0.1, 0.15) is 0 Å². The number of carbonyl (C=O) groups excluding carboxylic acids is 1. The van der Waals surface area contributed by atoms with E-state index >= 15 is 0 Å². The van der Waals surface area contributed by atoms with Crippen LogP contribution in [0.25, 0.3) is 0 Å². The lowest BCUT2D eigenvalue weighted by Crippen LogP contribution is -2.56. The molecular formula is C24H32N4O3. The van der Waals surface area contributed by atoms with Crippen molar-refractivity contribution >= 4 is 11.9 Å².